The number of aliphatic carboxylic acids is 1. The molecule has 1 aromatic heterocycles. The van der Waals surface area contributed by atoms with Gasteiger partial charge >= 0.3 is 5.97 Å². The number of thioether (sulfide) groups is 1. The lowest BCUT2D eigenvalue weighted by Crippen LogP contribution is -2.46. The molecule has 0 bridgehead atoms. The number of rotatable bonds is 30. The lowest BCUT2D eigenvalue weighted by Gasteiger charge is -2.40. The highest BCUT2D eigenvalue weighted by atomic mass is 32.2. The molecule has 2 heterocycles. The molecule has 0 saturated heterocycles. The van der Waals surface area contributed by atoms with Gasteiger partial charge in [0.05, 0.1) is 70.3 Å². The van der Waals surface area contributed by atoms with E-state index in [0.29, 0.717) is 70.8 Å². The van der Waals surface area contributed by atoms with Crippen molar-refractivity contribution in [1.82, 2.24) is 19.4 Å². The molecule has 2 aromatic carbocycles. The summed E-state index contributed by atoms with van der Waals surface area (Å²) in [5.74, 6) is -2.47. The normalized spacial score (nSPS) is 13.8. The Morgan fingerprint density at radius 3 is 2.11 bits per heavy atom. The largest absolute Gasteiger partial charge is 0.480 e. The molecule has 0 fully saturated rings. The van der Waals surface area contributed by atoms with Crippen LogP contribution in [0.4, 0.5) is 8.78 Å². The number of nitrogens with two attached hydrogens (primary N) is 1. The zero-order chi connectivity index (χ0) is 45.8. The maximum absolute atomic E-state index is 15.1. The highest BCUT2D eigenvalue weighted by molar-refractivity contribution is 7.99. The van der Waals surface area contributed by atoms with Crippen molar-refractivity contribution < 1.29 is 56.8 Å². The maximum Gasteiger partial charge on any atom is 0.320 e. The van der Waals surface area contributed by atoms with Crippen LogP contribution in [-0.2, 0) is 49.5 Å². The average molecular weight is 900 g/mol. The number of hydrogen-bond acceptors (Lipinski definition) is 12. The Labute approximate surface area is 371 Å². The van der Waals surface area contributed by atoms with Crippen LogP contribution in [0.2, 0.25) is 0 Å². The SMILES string of the molecule is CC(C)(C)[C@H](c1nc(-c2cc(F)ccc2F)cn1Cc1ccccc1)N(CCC(N)C(=O)O)C(=O)CSCCOCCOCCOCCOCCC(=O)CCCN1C(=O)C=CC1=O. The molecule has 1 unspecified atom stereocenters. The number of imidazole rings is 1. The number of imide groups is 1. The van der Waals surface area contributed by atoms with Crippen LogP contribution in [0.1, 0.15) is 63.9 Å². The fourth-order valence-corrected chi connectivity index (χ4v) is 7.41. The number of ether oxygens (including phenoxy) is 4. The molecule has 15 nitrogen and oxygen atoms in total. The number of nitrogens with zero attached hydrogens (tertiary/aromatic N) is 4. The number of aromatic nitrogens is 2. The standard InChI is InChI=1S/C45H59F2N5O10S/c1-45(2,3)42(43-49-38(35-28-33(46)11-12-36(35)47)30-50(43)29-32-8-5-4-6-9-32)52(18-15-37(48)44(57)58)41(56)31-63-27-26-62-25-24-61-23-22-60-21-20-59-19-16-34(53)10-7-17-51-39(54)13-14-40(51)55/h4-6,8-9,11-14,28,30,37,42H,7,10,15-27,29,31,48H2,1-3H3,(H,57,58)/t37?,42-/m0/s1. The molecule has 3 amide bonds. The van der Waals surface area contributed by atoms with E-state index in [1.165, 1.54) is 23.9 Å². The Balaban J connectivity index is 1.20. The van der Waals surface area contributed by atoms with E-state index in [-0.39, 0.29) is 79.5 Å². The van der Waals surface area contributed by atoms with Gasteiger partial charge in [-0.25, -0.2) is 13.8 Å². The third-order valence-electron chi connectivity index (χ3n) is 9.88. The van der Waals surface area contributed by atoms with E-state index in [9.17, 15) is 33.5 Å². The van der Waals surface area contributed by atoms with Crippen LogP contribution in [-0.4, -0.2) is 137 Å². The Kier molecular flexibility index (Phi) is 21.0. The number of carbonyl (C=O) groups excluding carboxylic acids is 4. The van der Waals surface area contributed by atoms with Gasteiger partial charge in [0.2, 0.25) is 5.91 Å². The summed E-state index contributed by atoms with van der Waals surface area (Å²) in [7, 11) is 0. The number of carboxylic acids is 1. The van der Waals surface area contributed by atoms with E-state index in [4.69, 9.17) is 29.7 Å². The number of amides is 3. The van der Waals surface area contributed by atoms with Crippen LogP contribution in [0.25, 0.3) is 11.3 Å². The number of ketones is 1. The predicted octanol–water partition coefficient (Wildman–Crippen LogP) is 5.06. The van der Waals surface area contributed by atoms with E-state index < -0.39 is 35.1 Å². The molecule has 3 N–H and O–H groups in total. The summed E-state index contributed by atoms with van der Waals surface area (Å²) in [6.45, 7) is 8.99. The molecule has 344 valence electrons. The molecule has 0 saturated carbocycles. The highest BCUT2D eigenvalue weighted by Crippen LogP contribution is 2.40. The van der Waals surface area contributed by atoms with Crippen molar-refractivity contribution in [3.63, 3.8) is 0 Å². The van der Waals surface area contributed by atoms with Crippen LogP contribution >= 0.6 is 11.8 Å². The minimum absolute atomic E-state index is 0.00318. The van der Waals surface area contributed by atoms with E-state index in [1.54, 1.807) is 11.1 Å². The number of halogens is 2. The van der Waals surface area contributed by atoms with Gasteiger partial charge in [0, 0.05) is 62.1 Å². The molecular weight excluding hydrogens is 841 g/mol. The van der Waals surface area contributed by atoms with E-state index in [2.05, 4.69) is 0 Å². The minimum atomic E-state index is -1.22. The Hall–Kier alpha value is -4.85. The predicted molar refractivity (Wildman–Crippen MR) is 233 cm³/mol. The summed E-state index contributed by atoms with van der Waals surface area (Å²) < 4.78 is 53.5. The van der Waals surface area contributed by atoms with Crippen molar-refractivity contribution in [3.8, 4) is 11.3 Å². The van der Waals surface area contributed by atoms with Crippen molar-refractivity contribution >= 4 is 41.2 Å². The number of carbonyl (C=O) groups is 5. The summed E-state index contributed by atoms with van der Waals surface area (Å²) >= 11 is 1.36. The van der Waals surface area contributed by atoms with E-state index in [0.717, 1.165) is 28.7 Å². The molecular formula is C45H59F2N5O10S. The Bertz CT molecular complexity index is 1980. The van der Waals surface area contributed by atoms with Crippen LogP contribution in [0.5, 0.6) is 0 Å². The molecule has 0 aliphatic carbocycles. The van der Waals surface area contributed by atoms with Crippen LogP contribution < -0.4 is 5.73 Å². The second kappa shape index (κ2) is 26.1. The Morgan fingerprint density at radius 1 is 0.873 bits per heavy atom. The molecule has 63 heavy (non-hydrogen) atoms. The maximum atomic E-state index is 15.1. The second-order valence-electron chi connectivity index (χ2n) is 15.9. The lowest BCUT2D eigenvalue weighted by atomic mass is 9.84. The van der Waals surface area contributed by atoms with Gasteiger partial charge in [0.1, 0.15) is 29.3 Å². The van der Waals surface area contributed by atoms with Gasteiger partial charge in [-0.3, -0.25) is 28.9 Å². The lowest BCUT2D eigenvalue weighted by molar-refractivity contribution is -0.140. The average Bonchev–Trinajstić information content (AvgIpc) is 3.79. The van der Waals surface area contributed by atoms with Gasteiger partial charge in [-0.15, -0.1) is 11.8 Å². The molecule has 1 aliphatic heterocycles. The van der Waals surface area contributed by atoms with Gasteiger partial charge in [0.15, 0.2) is 0 Å². The highest BCUT2D eigenvalue weighted by Gasteiger charge is 2.39. The zero-order valence-electron chi connectivity index (χ0n) is 36.2. The third-order valence-corrected chi connectivity index (χ3v) is 10.8. The van der Waals surface area contributed by atoms with E-state index >= 15 is 4.39 Å². The van der Waals surface area contributed by atoms with Crippen molar-refractivity contribution in [2.24, 2.45) is 11.1 Å². The molecule has 1 aliphatic rings. The number of carboxylic acid groups (broad SMARTS) is 1. The van der Waals surface area contributed by atoms with Gasteiger partial charge < -0.3 is 39.3 Å². The van der Waals surface area contributed by atoms with Gasteiger partial charge in [-0.05, 0) is 42.0 Å². The first-order valence-electron chi connectivity index (χ1n) is 20.9. The summed E-state index contributed by atoms with van der Waals surface area (Å²) in [4.78, 5) is 68.6. The molecule has 2 atom stereocenters. The topological polar surface area (TPSA) is 193 Å². The molecule has 0 radical (unpaired) electrons. The Morgan fingerprint density at radius 2 is 1.49 bits per heavy atom. The fourth-order valence-electron chi connectivity index (χ4n) is 6.69. The summed E-state index contributed by atoms with van der Waals surface area (Å²) in [6.07, 6.45) is 4.98. The van der Waals surface area contributed by atoms with Gasteiger partial charge in [-0.1, -0.05) is 51.1 Å². The fraction of sp³-hybridized carbons (Fsp3) is 0.511. The smallest absolute Gasteiger partial charge is 0.320 e. The quantitative estimate of drug-likeness (QED) is 0.0668. The minimum Gasteiger partial charge on any atom is -0.480 e. The second-order valence-corrected chi connectivity index (χ2v) is 17.0. The van der Waals surface area contributed by atoms with Gasteiger partial charge in [-0.2, -0.15) is 0 Å². The third kappa shape index (κ3) is 17.0. The van der Waals surface area contributed by atoms with Crippen molar-refractivity contribution in [1.29, 1.82) is 0 Å². The van der Waals surface area contributed by atoms with Crippen LogP contribution in [0.15, 0.2) is 66.9 Å². The number of benzene rings is 2. The first kappa shape index (κ1) is 50.8. The summed E-state index contributed by atoms with van der Waals surface area (Å²) in [6, 6.07) is 10.7. The van der Waals surface area contributed by atoms with E-state index in [1.807, 2.05) is 55.7 Å². The first-order valence-corrected chi connectivity index (χ1v) is 22.1. The molecule has 3 aromatic rings. The van der Waals surface area contributed by atoms with Gasteiger partial charge in [0.25, 0.3) is 11.8 Å². The number of hydrogen-bond donors (Lipinski definition) is 2. The van der Waals surface area contributed by atoms with Crippen LogP contribution in [0, 0.1) is 17.0 Å². The summed E-state index contributed by atoms with van der Waals surface area (Å²) in [5, 5.41) is 9.58. The molecule has 4 rings (SSSR count). The van der Waals surface area contributed by atoms with Crippen molar-refractivity contribution in [2.45, 2.75) is 65.1 Å². The summed E-state index contributed by atoms with van der Waals surface area (Å²) in [5.41, 5.74) is 6.35. The van der Waals surface area contributed by atoms with Crippen molar-refractivity contribution in [3.05, 3.63) is 89.9 Å². The number of Topliss-reactive ketones (excluding diaryl/α,β-unsaturated/α-hetero) is 1. The molecule has 18 heteroatoms. The monoisotopic (exact) mass is 899 g/mol. The zero-order valence-corrected chi connectivity index (χ0v) is 37.0. The first-order chi connectivity index (χ1) is 30.1. The molecule has 0 spiro atoms. The van der Waals surface area contributed by atoms with Crippen molar-refractivity contribution in [2.75, 3.05) is 77.5 Å². The van der Waals surface area contributed by atoms with Crippen LogP contribution in [0.3, 0.4) is 0 Å².